The van der Waals surface area contributed by atoms with Gasteiger partial charge in [0, 0.05) is 39.6 Å². The molecule has 0 aliphatic carbocycles. The number of carbonyl (C=O) groups is 1. The van der Waals surface area contributed by atoms with Crippen LogP contribution < -0.4 is 10.2 Å². The highest BCUT2D eigenvalue weighted by molar-refractivity contribution is 5.73. The third kappa shape index (κ3) is 3.98. The molecule has 0 unspecified atom stereocenters. The molecule has 0 radical (unpaired) electrons. The molecule has 0 saturated carbocycles. The Morgan fingerprint density at radius 3 is 2.54 bits per heavy atom. The molecule has 0 bridgehead atoms. The quantitative estimate of drug-likeness (QED) is 0.917. The maximum absolute atomic E-state index is 11.4. The molecule has 0 spiro atoms. The van der Waals surface area contributed by atoms with E-state index in [-0.39, 0.29) is 5.91 Å². The predicted molar refractivity (Wildman–Crippen MR) is 92.8 cm³/mol. The molecule has 1 fully saturated rings. The minimum absolute atomic E-state index is 0.113. The molecule has 1 aliphatic rings. The third-order valence-electron chi connectivity index (χ3n) is 4.15. The van der Waals surface area contributed by atoms with Crippen molar-refractivity contribution in [3.05, 3.63) is 41.6 Å². The molecule has 7 heteroatoms. The van der Waals surface area contributed by atoms with Crippen LogP contribution in [0.1, 0.15) is 18.1 Å². The topological polar surface area (TPSA) is 74.2 Å². The summed E-state index contributed by atoms with van der Waals surface area (Å²) in [5.41, 5.74) is 2.44. The Labute approximate surface area is 141 Å². The van der Waals surface area contributed by atoms with Gasteiger partial charge in [-0.2, -0.15) is 10.1 Å². The summed E-state index contributed by atoms with van der Waals surface area (Å²) in [6.45, 7) is 7.20. The first-order chi connectivity index (χ1) is 11.6. The van der Waals surface area contributed by atoms with Crippen molar-refractivity contribution in [1.82, 2.24) is 20.1 Å². The van der Waals surface area contributed by atoms with E-state index in [0.717, 1.165) is 13.1 Å². The summed E-state index contributed by atoms with van der Waals surface area (Å²) in [6.07, 6.45) is 1.63. The second-order valence-corrected chi connectivity index (χ2v) is 5.97. The third-order valence-corrected chi connectivity index (χ3v) is 4.15. The normalized spacial score (nSPS) is 14.6. The number of piperazine rings is 1. The van der Waals surface area contributed by atoms with Gasteiger partial charge in [0.05, 0.1) is 6.20 Å². The molecule has 126 valence electrons. The number of nitrogens with one attached hydrogen (secondary N) is 1. The van der Waals surface area contributed by atoms with Crippen LogP contribution in [0.2, 0.25) is 0 Å². The van der Waals surface area contributed by atoms with Crippen LogP contribution in [0.4, 0.5) is 11.8 Å². The lowest BCUT2D eigenvalue weighted by Crippen LogP contribution is -2.48. The molecule has 3 rings (SSSR count). The summed E-state index contributed by atoms with van der Waals surface area (Å²) in [7, 11) is 0. The Kier molecular flexibility index (Phi) is 4.88. The fraction of sp³-hybridized carbons (Fsp3) is 0.412. The lowest BCUT2D eigenvalue weighted by molar-refractivity contribution is -0.129. The molecule has 0 atom stereocenters. The highest BCUT2D eigenvalue weighted by Gasteiger charge is 2.20. The molecule has 24 heavy (non-hydrogen) atoms. The first-order valence-corrected chi connectivity index (χ1v) is 8.11. The van der Waals surface area contributed by atoms with E-state index in [2.05, 4.69) is 56.6 Å². The number of rotatable bonds is 4. The van der Waals surface area contributed by atoms with Crippen molar-refractivity contribution in [2.45, 2.75) is 20.4 Å². The molecule has 1 aromatic heterocycles. The zero-order chi connectivity index (χ0) is 16.9. The number of benzene rings is 1. The first-order valence-electron chi connectivity index (χ1n) is 8.11. The van der Waals surface area contributed by atoms with Gasteiger partial charge in [0.15, 0.2) is 5.82 Å². The minimum Gasteiger partial charge on any atom is -0.365 e. The molecular formula is C17H22N6O. The summed E-state index contributed by atoms with van der Waals surface area (Å²) >= 11 is 0. The van der Waals surface area contributed by atoms with Crippen LogP contribution in [-0.4, -0.2) is 52.2 Å². The van der Waals surface area contributed by atoms with Gasteiger partial charge in [0.2, 0.25) is 11.9 Å². The largest absolute Gasteiger partial charge is 0.365 e. The van der Waals surface area contributed by atoms with Crippen LogP contribution in [0, 0.1) is 6.92 Å². The van der Waals surface area contributed by atoms with Gasteiger partial charge in [-0.05, 0) is 12.5 Å². The minimum atomic E-state index is 0.113. The predicted octanol–water partition coefficient (Wildman–Crippen LogP) is 1.46. The van der Waals surface area contributed by atoms with Crippen molar-refractivity contribution in [3.8, 4) is 0 Å². The molecule has 1 N–H and O–H groups in total. The standard InChI is InChI=1S/C17H22N6O/c1-13-3-5-15(6-4-13)11-18-16-12-19-21-17(20-16)23-9-7-22(8-10-23)14(2)24/h3-6,12H,7-11H2,1-2H3,(H,18,20,21). The Hall–Kier alpha value is -2.70. The van der Waals surface area contributed by atoms with E-state index in [0.29, 0.717) is 31.4 Å². The van der Waals surface area contributed by atoms with E-state index in [1.54, 1.807) is 13.1 Å². The SMILES string of the molecule is CC(=O)N1CCN(c2nncc(NCc3ccc(C)cc3)n2)CC1. The molecule has 1 amide bonds. The Morgan fingerprint density at radius 2 is 1.88 bits per heavy atom. The summed E-state index contributed by atoms with van der Waals surface area (Å²) < 4.78 is 0. The Balaban J connectivity index is 1.60. The van der Waals surface area contributed by atoms with Crippen molar-refractivity contribution in [2.75, 3.05) is 36.4 Å². The van der Waals surface area contributed by atoms with Crippen molar-refractivity contribution in [3.63, 3.8) is 0 Å². The number of nitrogens with zero attached hydrogens (tertiary/aromatic N) is 5. The second-order valence-electron chi connectivity index (χ2n) is 5.97. The monoisotopic (exact) mass is 326 g/mol. The molecule has 1 aromatic carbocycles. The Morgan fingerprint density at radius 1 is 1.17 bits per heavy atom. The number of amides is 1. The highest BCUT2D eigenvalue weighted by atomic mass is 16.2. The molecule has 2 heterocycles. The maximum Gasteiger partial charge on any atom is 0.247 e. The number of aryl methyl sites for hydroxylation is 1. The van der Waals surface area contributed by atoms with Gasteiger partial charge in [-0.15, -0.1) is 5.10 Å². The van der Waals surface area contributed by atoms with E-state index in [9.17, 15) is 4.79 Å². The van der Waals surface area contributed by atoms with Crippen molar-refractivity contribution < 1.29 is 4.79 Å². The van der Waals surface area contributed by atoms with Crippen LogP contribution in [0.15, 0.2) is 30.5 Å². The van der Waals surface area contributed by atoms with Gasteiger partial charge < -0.3 is 15.1 Å². The maximum atomic E-state index is 11.4. The first kappa shape index (κ1) is 16.2. The van der Waals surface area contributed by atoms with Crippen LogP contribution >= 0.6 is 0 Å². The zero-order valence-corrected chi connectivity index (χ0v) is 14.1. The lowest BCUT2D eigenvalue weighted by atomic mass is 10.1. The van der Waals surface area contributed by atoms with Gasteiger partial charge in [-0.3, -0.25) is 4.79 Å². The molecule has 1 saturated heterocycles. The lowest BCUT2D eigenvalue weighted by Gasteiger charge is -2.33. The van der Waals surface area contributed by atoms with E-state index >= 15 is 0 Å². The summed E-state index contributed by atoms with van der Waals surface area (Å²) in [4.78, 5) is 19.8. The molecule has 2 aromatic rings. The fourth-order valence-electron chi connectivity index (χ4n) is 2.63. The van der Waals surface area contributed by atoms with E-state index in [4.69, 9.17) is 0 Å². The van der Waals surface area contributed by atoms with Gasteiger partial charge in [0.25, 0.3) is 0 Å². The number of hydrogen-bond donors (Lipinski definition) is 1. The number of hydrogen-bond acceptors (Lipinski definition) is 6. The molecular weight excluding hydrogens is 304 g/mol. The van der Waals surface area contributed by atoms with Gasteiger partial charge >= 0.3 is 0 Å². The molecule has 7 nitrogen and oxygen atoms in total. The fourth-order valence-corrected chi connectivity index (χ4v) is 2.63. The Bertz CT molecular complexity index is 694. The van der Waals surface area contributed by atoms with E-state index < -0.39 is 0 Å². The van der Waals surface area contributed by atoms with Crippen LogP contribution in [0.3, 0.4) is 0 Å². The van der Waals surface area contributed by atoms with Gasteiger partial charge in [-0.25, -0.2) is 0 Å². The summed E-state index contributed by atoms with van der Waals surface area (Å²) in [5, 5.41) is 11.4. The summed E-state index contributed by atoms with van der Waals surface area (Å²) in [5.74, 6) is 1.42. The van der Waals surface area contributed by atoms with Crippen LogP contribution in [0.5, 0.6) is 0 Å². The van der Waals surface area contributed by atoms with E-state index in [1.165, 1.54) is 11.1 Å². The number of carbonyl (C=O) groups excluding carboxylic acids is 1. The van der Waals surface area contributed by atoms with Crippen molar-refractivity contribution in [2.24, 2.45) is 0 Å². The van der Waals surface area contributed by atoms with Crippen molar-refractivity contribution in [1.29, 1.82) is 0 Å². The van der Waals surface area contributed by atoms with Crippen molar-refractivity contribution >= 4 is 17.7 Å². The van der Waals surface area contributed by atoms with Crippen LogP contribution in [-0.2, 0) is 11.3 Å². The number of aromatic nitrogens is 3. The average Bonchev–Trinajstić information content (AvgIpc) is 2.61. The smallest absolute Gasteiger partial charge is 0.247 e. The zero-order valence-electron chi connectivity index (χ0n) is 14.1. The molecule has 1 aliphatic heterocycles. The van der Waals surface area contributed by atoms with E-state index in [1.807, 2.05) is 4.90 Å². The second kappa shape index (κ2) is 7.25. The van der Waals surface area contributed by atoms with Gasteiger partial charge in [0.1, 0.15) is 0 Å². The average molecular weight is 326 g/mol. The number of anilines is 2. The van der Waals surface area contributed by atoms with Gasteiger partial charge in [-0.1, -0.05) is 29.8 Å². The summed E-state index contributed by atoms with van der Waals surface area (Å²) in [6, 6.07) is 8.38. The van der Waals surface area contributed by atoms with Crippen LogP contribution in [0.25, 0.3) is 0 Å². The highest BCUT2D eigenvalue weighted by Crippen LogP contribution is 2.13.